The quantitative estimate of drug-likeness (QED) is 0.143. The van der Waals surface area contributed by atoms with Crippen LogP contribution in [-0.4, -0.2) is 238 Å². The smallest absolute Gasteiger partial charge is 0.172 e. The van der Waals surface area contributed by atoms with Gasteiger partial charge in [-0.25, -0.2) is 0 Å². The number of benzene rings is 2. The Morgan fingerprint density at radius 2 is 0.740 bits per heavy atom. The zero-order valence-corrected chi connectivity index (χ0v) is 43.1. The fourth-order valence-corrected chi connectivity index (χ4v) is 6.39. The molecular weight excluding hydrogens is 701 g/mol. The van der Waals surface area contributed by atoms with Gasteiger partial charge in [-0.15, -0.1) is 0 Å². The number of hydrogen-bond donors (Lipinski definition) is 0. The van der Waals surface area contributed by atoms with E-state index in [0.29, 0.717) is 0 Å². The van der Waals surface area contributed by atoms with E-state index in [2.05, 4.69) is 194 Å². The predicted octanol–water partition coefficient (Wildman–Crippen LogP) is 6.27. The van der Waals surface area contributed by atoms with Crippen LogP contribution in [0.15, 0.2) is 88.2 Å². The van der Waals surface area contributed by atoms with Crippen molar-refractivity contribution in [2.45, 2.75) is 52.1 Å². The molecule has 0 spiro atoms. The van der Waals surface area contributed by atoms with Crippen molar-refractivity contribution in [2.24, 2.45) is 9.32 Å². The van der Waals surface area contributed by atoms with Gasteiger partial charge in [0.1, 0.15) is 0 Å². The Morgan fingerprint density at radius 1 is 0.460 bits per heavy atom. The van der Waals surface area contributed by atoms with Crippen molar-refractivity contribution in [3.05, 3.63) is 101 Å². The van der Waals surface area contributed by atoms with Gasteiger partial charge in [0.05, 0.1) is 0 Å². The van der Waals surface area contributed by atoms with E-state index in [-0.39, 0.29) is 103 Å². The molecule has 0 saturated carbocycles. The fraction of sp³-hybridized carbons (Fsp3) is 0.513. The van der Waals surface area contributed by atoms with Gasteiger partial charge in [0, 0.05) is 165 Å². The van der Waals surface area contributed by atoms with Crippen LogP contribution in [0.4, 0.5) is 0 Å². The topological polar surface area (TPSA) is 50.6 Å². The molecule has 0 aliphatic rings. The third-order valence-electron chi connectivity index (χ3n) is 6.71. The third kappa shape index (κ3) is 28.0. The Bertz CT molecular complexity index is 1240. The summed E-state index contributed by atoms with van der Waals surface area (Å²) in [6.07, 6.45) is 1.49. The first-order chi connectivity index (χ1) is 22.3. The van der Waals surface area contributed by atoms with Crippen molar-refractivity contribution >= 4 is 131 Å². The van der Waals surface area contributed by atoms with E-state index in [0.717, 1.165) is 61.8 Å². The second-order valence-corrected chi connectivity index (χ2v) is 24.5. The molecule has 2 aromatic carbocycles. The molecule has 11 heteroatoms. The molecule has 3 rings (SSSR count). The van der Waals surface area contributed by atoms with E-state index in [4.69, 9.17) is 14.3 Å². The average molecular weight is 768 g/mol. The van der Waals surface area contributed by atoms with Gasteiger partial charge in [0.25, 0.3) is 0 Å². The molecular formula is C39H67K2N7Si2. The Kier molecular flexibility index (Phi) is 29.4. The summed E-state index contributed by atoms with van der Waals surface area (Å²) in [4.78, 5) is 13.8. The van der Waals surface area contributed by atoms with Crippen molar-refractivity contribution < 1.29 is 0 Å². The van der Waals surface area contributed by atoms with E-state index in [1.54, 1.807) is 0 Å². The molecule has 3 aromatic rings. The molecule has 0 atom stereocenters. The maximum absolute atomic E-state index is 5.16. The Hall–Kier alpha value is 0.476. The molecule has 0 saturated heterocycles. The normalized spacial score (nSPS) is 12.1. The first-order valence-corrected chi connectivity index (χ1v) is 24.1. The summed E-state index contributed by atoms with van der Waals surface area (Å²) in [5.41, 5.74) is 6.76. The number of likely N-dealkylation sites (N-methyl/N-ethyl adjacent to an activating group) is 4. The van der Waals surface area contributed by atoms with Crippen LogP contribution in [-0.2, 0) is 12.8 Å². The second kappa shape index (κ2) is 28.0. The van der Waals surface area contributed by atoms with Crippen molar-refractivity contribution in [3.8, 4) is 0 Å². The van der Waals surface area contributed by atoms with Crippen LogP contribution in [0.2, 0.25) is 39.3 Å². The van der Waals surface area contributed by atoms with Crippen LogP contribution in [0.5, 0.6) is 0 Å². The fourth-order valence-electron chi connectivity index (χ4n) is 4.35. The standard InChI is InChI=1S/C27H35N3Si2.2C6H16N2.2K/c1-31(2,3)29-26(22-14-9-7-10-15-22)20-24-18-13-19-25(28-24)21-27(30-32(4,5)6)23-16-11-8-12-17-23;2*1-7(2)5-6-8(3)4;;/h7-19H,20-21H2,1-6H3;2*5-6H2,1-4H3;;/b29-26-,30-27-;;;;. The average Bonchev–Trinajstić information content (AvgIpc) is 2.99. The van der Waals surface area contributed by atoms with Gasteiger partial charge in [0.2, 0.25) is 0 Å². The molecule has 0 aliphatic carbocycles. The van der Waals surface area contributed by atoms with Gasteiger partial charge in [0.15, 0.2) is 16.5 Å². The van der Waals surface area contributed by atoms with Crippen LogP contribution < -0.4 is 0 Å². The van der Waals surface area contributed by atoms with Crippen LogP contribution in [0.25, 0.3) is 0 Å². The summed E-state index contributed by atoms with van der Waals surface area (Å²) >= 11 is 0. The van der Waals surface area contributed by atoms with E-state index >= 15 is 0 Å². The van der Waals surface area contributed by atoms with Crippen LogP contribution >= 0.6 is 0 Å². The molecule has 1 heterocycles. The first kappa shape index (κ1) is 52.6. The predicted molar refractivity (Wildman–Crippen MR) is 230 cm³/mol. The summed E-state index contributed by atoms with van der Waals surface area (Å²) in [7, 11) is 13.5. The Labute approximate surface area is 394 Å². The number of aromatic nitrogens is 1. The van der Waals surface area contributed by atoms with Gasteiger partial charge in [-0.2, -0.15) is 0 Å². The molecule has 268 valence electrons. The molecule has 0 unspecified atom stereocenters. The van der Waals surface area contributed by atoms with Gasteiger partial charge in [-0.3, -0.25) is 4.98 Å². The van der Waals surface area contributed by atoms with Crippen LogP contribution in [0.1, 0.15) is 22.5 Å². The van der Waals surface area contributed by atoms with E-state index < -0.39 is 16.5 Å². The largest absolute Gasteiger partial charge is 0.325 e. The summed E-state index contributed by atoms with van der Waals surface area (Å²) in [6.45, 7) is 18.2. The molecule has 50 heavy (non-hydrogen) atoms. The number of nitrogens with zero attached hydrogens (tertiary/aromatic N) is 7. The second-order valence-electron chi connectivity index (χ2n) is 15.4. The summed E-state index contributed by atoms with van der Waals surface area (Å²) in [5, 5.41) is 0. The van der Waals surface area contributed by atoms with Crippen molar-refractivity contribution in [1.29, 1.82) is 0 Å². The minimum atomic E-state index is -1.62. The number of rotatable bonds is 14. The zero-order chi connectivity index (χ0) is 36.3. The molecule has 0 aliphatic heterocycles. The molecule has 0 bridgehead atoms. The van der Waals surface area contributed by atoms with E-state index in [9.17, 15) is 0 Å². The zero-order valence-electron chi connectivity index (χ0n) is 34.9. The first-order valence-electron chi connectivity index (χ1n) is 17.2. The van der Waals surface area contributed by atoms with Gasteiger partial charge < -0.3 is 28.9 Å². The molecule has 0 N–H and O–H groups in total. The Balaban J connectivity index is 0. The number of hydrogen-bond acceptors (Lipinski definition) is 7. The summed E-state index contributed by atoms with van der Waals surface area (Å²) in [6, 6.07) is 27.4. The van der Waals surface area contributed by atoms with Gasteiger partial charge in [-0.05, 0) is 119 Å². The molecule has 2 radical (unpaired) electrons. The van der Waals surface area contributed by atoms with Crippen LogP contribution in [0.3, 0.4) is 0 Å². The van der Waals surface area contributed by atoms with E-state index in [1.165, 1.54) is 11.1 Å². The van der Waals surface area contributed by atoms with E-state index in [1.807, 2.05) is 0 Å². The third-order valence-corrected chi connectivity index (χ3v) is 8.59. The minimum Gasteiger partial charge on any atom is -0.325 e. The maximum Gasteiger partial charge on any atom is 0.172 e. The van der Waals surface area contributed by atoms with Gasteiger partial charge in [-0.1, -0.05) is 66.7 Å². The molecule has 0 amide bonds. The summed E-state index contributed by atoms with van der Waals surface area (Å²) < 4.78 is 10.3. The molecule has 1 aromatic heterocycles. The monoisotopic (exact) mass is 767 g/mol. The molecule has 7 nitrogen and oxygen atoms in total. The Morgan fingerprint density at radius 3 is 0.980 bits per heavy atom. The minimum absolute atomic E-state index is 0. The summed E-state index contributed by atoms with van der Waals surface area (Å²) in [5.74, 6) is 0. The maximum atomic E-state index is 5.16. The molecule has 0 fully saturated rings. The SMILES string of the molecule is CN(C)CCN(C)C.CN(C)CCN(C)C.C[Si](C)(C)/N=C(/Cc1cccc(C/C(=N/[Si](C)(C)C)c2ccccc2)n1)c1ccccc1.[K].[K]. The van der Waals surface area contributed by atoms with Crippen LogP contribution in [0, 0.1) is 0 Å². The van der Waals surface area contributed by atoms with Gasteiger partial charge >= 0.3 is 0 Å². The van der Waals surface area contributed by atoms with Crippen molar-refractivity contribution in [2.75, 3.05) is 82.6 Å². The van der Waals surface area contributed by atoms with Crippen molar-refractivity contribution in [1.82, 2.24) is 24.6 Å². The number of pyridine rings is 1. The van der Waals surface area contributed by atoms with Crippen molar-refractivity contribution in [3.63, 3.8) is 0 Å².